The fourth-order valence-electron chi connectivity index (χ4n) is 2.64. The van der Waals surface area contributed by atoms with Gasteiger partial charge < -0.3 is 0 Å². The minimum Gasteiger partial charge on any atom is -0.0590 e. The van der Waals surface area contributed by atoms with E-state index in [1.807, 2.05) is 0 Å². The van der Waals surface area contributed by atoms with Crippen LogP contribution < -0.4 is 0 Å². The van der Waals surface area contributed by atoms with E-state index < -0.39 is 0 Å². The highest BCUT2D eigenvalue weighted by molar-refractivity contribution is 5.78. The highest BCUT2D eigenvalue weighted by Gasteiger charge is 2.20. The van der Waals surface area contributed by atoms with E-state index in [0.717, 1.165) is 6.42 Å². The van der Waals surface area contributed by atoms with Crippen molar-refractivity contribution in [3.8, 4) is 11.1 Å². The Kier molecular flexibility index (Phi) is 1.94. The predicted molar refractivity (Wildman–Crippen MR) is 68.9 cm³/mol. The minimum atomic E-state index is 1.11. The molecule has 0 unspecified atom stereocenters. The molecule has 3 rings (SSSR count). The van der Waals surface area contributed by atoms with Crippen LogP contribution in [0.1, 0.15) is 27.8 Å². The Morgan fingerprint density at radius 3 is 2.50 bits per heavy atom. The summed E-state index contributed by atoms with van der Waals surface area (Å²) in [5.41, 5.74) is 10.1. The molecule has 80 valence electrons. The second-order valence-electron chi connectivity index (χ2n) is 4.87. The molecule has 0 N–H and O–H groups in total. The molecule has 2 aromatic rings. The van der Waals surface area contributed by atoms with Crippen molar-refractivity contribution in [2.75, 3.05) is 0 Å². The Hall–Kier alpha value is -1.56. The van der Waals surface area contributed by atoms with Crippen LogP contribution in [0.2, 0.25) is 0 Å². The summed E-state index contributed by atoms with van der Waals surface area (Å²) in [7, 11) is 0. The molecule has 0 amide bonds. The van der Waals surface area contributed by atoms with Gasteiger partial charge in [0, 0.05) is 0 Å². The third-order valence-electron chi connectivity index (χ3n) is 3.79. The van der Waals surface area contributed by atoms with Crippen LogP contribution in [0.5, 0.6) is 0 Å². The smallest absolute Gasteiger partial charge is 0.00107 e. The molecule has 0 aliphatic heterocycles. The van der Waals surface area contributed by atoms with Crippen molar-refractivity contribution in [1.29, 1.82) is 0 Å². The van der Waals surface area contributed by atoms with Crippen molar-refractivity contribution in [3.05, 3.63) is 58.1 Å². The summed E-state index contributed by atoms with van der Waals surface area (Å²) in [6, 6.07) is 11.3. The quantitative estimate of drug-likeness (QED) is 0.520. The van der Waals surface area contributed by atoms with Gasteiger partial charge >= 0.3 is 0 Å². The molecule has 0 saturated heterocycles. The summed E-state index contributed by atoms with van der Waals surface area (Å²) >= 11 is 0. The van der Waals surface area contributed by atoms with Crippen LogP contribution in [0.25, 0.3) is 11.1 Å². The van der Waals surface area contributed by atoms with Crippen LogP contribution in [0.3, 0.4) is 0 Å². The molecule has 0 radical (unpaired) electrons. The lowest BCUT2D eigenvalue weighted by molar-refractivity contribution is 1.19. The molecule has 0 heteroatoms. The van der Waals surface area contributed by atoms with Gasteiger partial charge in [0.1, 0.15) is 0 Å². The Labute approximate surface area is 96.9 Å². The first-order valence-corrected chi connectivity index (χ1v) is 5.86. The van der Waals surface area contributed by atoms with Crippen LogP contribution in [0, 0.1) is 20.8 Å². The highest BCUT2D eigenvalue weighted by atomic mass is 14.2. The first kappa shape index (κ1) is 9.65. The zero-order chi connectivity index (χ0) is 11.3. The Balaban J connectivity index is 2.30. The van der Waals surface area contributed by atoms with Gasteiger partial charge in [0.25, 0.3) is 0 Å². The number of benzene rings is 2. The molecule has 16 heavy (non-hydrogen) atoms. The summed E-state index contributed by atoms with van der Waals surface area (Å²) in [5, 5.41) is 0. The second-order valence-corrected chi connectivity index (χ2v) is 4.87. The van der Waals surface area contributed by atoms with Gasteiger partial charge in [-0.3, -0.25) is 0 Å². The van der Waals surface area contributed by atoms with Crippen molar-refractivity contribution in [2.45, 2.75) is 27.2 Å². The van der Waals surface area contributed by atoms with Crippen LogP contribution in [-0.4, -0.2) is 0 Å². The average molecular weight is 208 g/mol. The van der Waals surface area contributed by atoms with E-state index in [0.29, 0.717) is 0 Å². The molecule has 0 saturated carbocycles. The van der Waals surface area contributed by atoms with Crippen molar-refractivity contribution < 1.29 is 0 Å². The lowest BCUT2D eigenvalue weighted by atomic mass is 9.98. The lowest BCUT2D eigenvalue weighted by Crippen LogP contribution is -1.89. The molecular weight excluding hydrogens is 192 g/mol. The minimum absolute atomic E-state index is 1.11. The van der Waals surface area contributed by atoms with E-state index >= 15 is 0 Å². The van der Waals surface area contributed by atoms with Crippen molar-refractivity contribution in [3.63, 3.8) is 0 Å². The molecule has 0 bridgehead atoms. The average Bonchev–Trinajstić information content (AvgIpc) is 2.62. The predicted octanol–water partition coefficient (Wildman–Crippen LogP) is 4.18. The monoisotopic (exact) mass is 208 g/mol. The van der Waals surface area contributed by atoms with Gasteiger partial charge in [-0.1, -0.05) is 35.9 Å². The summed E-state index contributed by atoms with van der Waals surface area (Å²) in [6.07, 6.45) is 1.11. The van der Waals surface area contributed by atoms with Crippen molar-refractivity contribution in [2.24, 2.45) is 0 Å². The maximum absolute atomic E-state index is 2.32. The van der Waals surface area contributed by atoms with E-state index in [2.05, 4.69) is 51.1 Å². The molecule has 0 spiro atoms. The van der Waals surface area contributed by atoms with Crippen LogP contribution >= 0.6 is 0 Å². The summed E-state index contributed by atoms with van der Waals surface area (Å²) in [4.78, 5) is 0. The topological polar surface area (TPSA) is 0 Å². The molecule has 0 aromatic heterocycles. The van der Waals surface area contributed by atoms with Gasteiger partial charge in [0.15, 0.2) is 0 Å². The highest BCUT2D eigenvalue weighted by Crippen LogP contribution is 2.39. The van der Waals surface area contributed by atoms with Gasteiger partial charge in [0.2, 0.25) is 0 Å². The molecule has 0 heterocycles. The molecule has 2 aromatic carbocycles. The standard InChI is InChI=1S/C16H16/c1-10-4-6-13-9-15-12(3)11(2)5-7-14(15)16(13)8-10/h4-8H,9H2,1-3H3. The summed E-state index contributed by atoms with van der Waals surface area (Å²) < 4.78 is 0. The maximum Gasteiger partial charge on any atom is -0.00107 e. The van der Waals surface area contributed by atoms with Gasteiger partial charge in [-0.25, -0.2) is 0 Å². The van der Waals surface area contributed by atoms with E-state index in [-0.39, 0.29) is 0 Å². The first-order valence-electron chi connectivity index (χ1n) is 5.86. The van der Waals surface area contributed by atoms with Crippen LogP contribution in [0.15, 0.2) is 30.3 Å². The number of rotatable bonds is 0. The SMILES string of the molecule is Cc1ccc2c(c1)-c1ccc(C)c(C)c1C2. The zero-order valence-corrected chi connectivity index (χ0v) is 10.1. The van der Waals surface area contributed by atoms with Gasteiger partial charge in [-0.15, -0.1) is 0 Å². The first-order chi connectivity index (χ1) is 7.66. The van der Waals surface area contributed by atoms with E-state index in [4.69, 9.17) is 0 Å². The number of hydrogen-bond donors (Lipinski definition) is 0. The van der Waals surface area contributed by atoms with E-state index in [1.165, 1.54) is 38.9 Å². The zero-order valence-electron chi connectivity index (χ0n) is 10.1. The molecule has 0 fully saturated rings. The van der Waals surface area contributed by atoms with Gasteiger partial charge in [0.05, 0.1) is 0 Å². The molecule has 0 atom stereocenters. The molecule has 1 aliphatic rings. The Bertz CT molecular complexity index is 577. The summed E-state index contributed by atoms with van der Waals surface area (Å²) in [5.74, 6) is 0. The molecule has 0 nitrogen and oxygen atoms in total. The van der Waals surface area contributed by atoms with E-state index in [9.17, 15) is 0 Å². The number of fused-ring (bicyclic) bond motifs is 3. The van der Waals surface area contributed by atoms with E-state index in [1.54, 1.807) is 0 Å². The Morgan fingerprint density at radius 2 is 1.69 bits per heavy atom. The van der Waals surface area contributed by atoms with Crippen LogP contribution in [-0.2, 0) is 6.42 Å². The Morgan fingerprint density at radius 1 is 0.875 bits per heavy atom. The molecular formula is C16H16. The summed E-state index contributed by atoms with van der Waals surface area (Å²) in [6.45, 7) is 6.61. The number of aryl methyl sites for hydroxylation is 2. The van der Waals surface area contributed by atoms with Crippen LogP contribution in [0.4, 0.5) is 0 Å². The maximum atomic E-state index is 2.32. The lowest BCUT2D eigenvalue weighted by Gasteiger charge is -2.07. The van der Waals surface area contributed by atoms with Crippen molar-refractivity contribution >= 4 is 0 Å². The third kappa shape index (κ3) is 1.23. The number of hydrogen-bond acceptors (Lipinski definition) is 0. The largest absolute Gasteiger partial charge is 0.0590 e. The third-order valence-corrected chi connectivity index (χ3v) is 3.79. The normalized spacial score (nSPS) is 12.4. The fourth-order valence-corrected chi connectivity index (χ4v) is 2.64. The second kappa shape index (κ2) is 3.21. The van der Waals surface area contributed by atoms with Gasteiger partial charge in [-0.05, 0) is 60.6 Å². The molecule has 1 aliphatic carbocycles. The van der Waals surface area contributed by atoms with Gasteiger partial charge in [-0.2, -0.15) is 0 Å². The fraction of sp³-hybridized carbons (Fsp3) is 0.250. The van der Waals surface area contributed by atoms with Crippen molar-refractivity contribution in [1.82, 2.24) is 0 Å².